The number of imidazole rings is 1. The van der Waals surface area contributed by atoms with Crippen molar-refractivity contribution in [2.75, 3.05) is 0 Å². The number of hydrogen-bond acceptors (Lipinski definition) is 2. The van der Waals surface area contributed by atoms with Crippen LogP contribution in [0.1, 0.15) is 38.6 Å². The molecule has 0 saturated carbocycles. The molecule has 1 rings (SSSR count). The average molecular weight is 168 g/mol. The van der Waals surface area contributed by atoms with E-state index in [2.05, 4.69) is 23.8 Å². The van der Waals surface area contributed by atoms with Gasteiger partial charge in [0.1, 0.15) is 11.9 Å². The van der Waals surface area contributed by atoms with Gasteiger partial charge in [-0.05, 0) is 12.3 Å². The molecule has 0 amide bonds. The van der Waals surface area contributed by atoms with Gasteiger partial charge in [-0.1, -0.05) is 20.3 Å². The van der Waals surface area contributed by atoms with Crippen LogP contribution in [0.4, 0.5) is 0 Å². The van der Waals surface area contributed by atoms with Crippen LogP contribution in [0.3, 0.4) is 0 Å². The normalized spacial score (nSPS) is 15.9. The molecule has 0 saturated heterocycles. The lowest BCUT2D eigenvalue weighted by molar-refractivity contribution is 0.138. The number of nitrogens with zero attached hydrogens (tertiary/aromatic N) is 1. The Morgan fingerprint density at radius 3 is 2.92 bits per heavy atom. The second-order valence-electron chi connectivity index (χ2n) is 3.24. The summed E-state index contributed by atoms with van der Waals surface area (Å²) in [5, 5.41) is 9.62. The molecule has 0 bridgehead atoms. The molecule has 2 unspecified atom stereocenters. The van der Waals surface area contributed by atoms with E-state index in [1.54, 1.807) is 12.4 Å². The number of hydrogen-bond donors (Lipinski definition) is 2. The maximum absolute atomic E-state index is 9.62. The van der Waals surface area contributed by atoms with Crippen LogP contribution in [0.15, 0.2) is 12.4 Å². The van der Waals surface area contributed by atoms with E-state index in [0.29, 0.717) is 11.7 Å². The lowest BCUT2D eigenvalue weighted by atomic mass is 10.0. The number of aromatic nitrogens is 2. The van der Waals surface area contributed by atoms with E-state index >= 15 is 0 Å². The van der Waals surface area contributed by atoms with Crippen LogP contribution in [0.2, 0.25) is 0 Å². The van der Waals surface area contributed by atoms with Crippen LogP contribution in [0.5, 0.6) is 0 Å². The monoisotopic (exact) mass is 168 g/mol. The Morgan fingerprint density at radius 2 is 2.42 bits per heavy atom. The van der Waals surface area contributed by atoms with E-state index in [4.69, 9.17) is 0 Å². The Kier molecular flexibility index (Phi) is 3.29. The van der Waals surface area contributed by atoms with Crippen molar-refractivity contribution in [3.8, 4) is 0 Å². The number of aromatic amines is 1. The maximum atomic E-state index is 9.62. The summed E-state index contributed by atoms with van der Waals surface area (Å²) in [6.07, 6.45) is 4.83. The van der Waals surface area contributed by atoms with Gasteiger partial charge in [0.05, 0.1) is 0 Å². The van der Waals surface area contributed by atoms with Crippen molar-refractivity contribution in [2.24, 2.45) is 5.92 Å². The molecule has 0 radical (unpaired) electrons. The molecule has 0 fully saturated rings. The van der Waals surface area contributed by atoms with Crippen LogP contribution < -0.4 is 0 Å². The number of aliphatic hydroxyl groups excluding tert-OH is 1. The summed E-state index contributed by atoms with van der Waals surface area (Å²) in [4.78, 5) is 6.90. The molecule has 0 aliphatic heterocycles. The highest BCUT2D eigenvalue weighted by Crippen LogP contribution is 2.19. The summed E-state index contributed by atoms with van der Waals surface area (Å²) < 4.78 is 0. The van der Waals surface area contributed by atoms with Crippen molar-refractivity contribution < 1.29 is 5.11 Å². The zero-order chi connectivity index (χ0) is 8.97. The number of H-pyrrole nitrogens is 1. The largest absolute Gasteiger partial charge is 0.385 e. The second kappa shape index (κ2) is 4.26. The summed E-state index contributed by atoms with van der Waals surface area (Å²) in [5.74, 6) is 1.22. The van der Waals surface area contributed by atoms with E-state index < -0.39 is 6.10 Å². The first-order valence-corrected chi connectivity index (χ1v) is 4.41. The fourth-order valence-corrected chi connectivity index (χ4v) is 1.12. The summed E-state index contributed by atoms with van der Waals surface area (Å²) in [5.41, 5.74) is 0. The second-order valence-corrected chi connectivity index (χ2v) is 3.24. The minimum atomic E-state index is -0.435. The molecular formula is C9H16N2O. The molecule has 2 atom stereocenters. The van der Waals surface area contributed by atoms with Gasteiger partial charge in [-0.25, -0.2) is 4.98 Å². The molecule has 0 aliphatic rings. The highest BCUT2D eigenvalue weighted by Gasteiger charge is 2.12. The van der Waals surface area contributed by atoms with Crippen molar-refractivity contribution in [3.05, 3.63) is 18.2 Å². The Labute approximate surface area is 72.8 Å². The van der Waals surface area contributed by atoms with Gasteiger partial charge in [0, 0.05) is 12.4 Å². The quantitative estimate of drug-likeness (QED) is 0.721. The van der Waals surface area contributed by atoms with Crippen LogP contribution in [0.25, 0.3) is 0 Å². The first-order valence-electron chi connectivity index (χ1n) is 4.41. The van der Waals surface area contributed by atoms with Crippen molar-refractivity contribution in [1.29, 1.82) is 0 Å². The lowest BCUT2D eigenvalue weighted by Gasteiger charge is -2.12. The first kappa shape index (κ1) is 9.26. The van der Waals surface area contributed by atoms with Gasteiger partial charge in [-0.15, -0.1) is 0 Å². The van der Waals surface area contributed by atoms with E-state index in [9.17, 15) is 5.11 Å². The fourth-order valence-electron chi connectivity index (χ4n) is 1.12. The van der Waals surface area contributed by atoms with E-state index in [0.717, 1.165) is 12.8 Å². The minimum absolute atomic E-state index is 0.435. The number of nitrogens with one attached hydrogen (secondary N) is 1. The standard InChI is InChI=1S/C9H16N2O/c1-3-7(2)6-8(12)9-10-4-5-11-9/h4-5,7-8,12H,3,6H2,1-2H3,(H,10,11). The molecule has 3 heteroatoms. The van der Waals surface area contributed by atoms with Gasteiger partial charge in [0.15, 0.2) is 0 Å². The summed E-state index contributed by atoms with van der Waals surface area (Å²) in [6.45, 7) is 4.26. The van der Waals surface area contributed by atoms with Crippen LogP contribution in [-0.4, -0.2) is 15.1 Å². The lowest BCUT2D eigenvalue weighted by Crippen LogP contribution is -2.05. The Balaban J connectivity index is 2.44. The third-order valence-electron chi connectivity index (χ3n) is 2.16. The maximum Gasteiger partial charge on any atom is 0.135 e. The average Bonchev–Trinajstić information content (AvgIpc) is 2.56. The van der Waals surface area contributed by atoms with Gasteiger partial charge in [-0.3, -0.25) is 0 Å². The molecule has 0 aliphatic carbocycles. The molecule has 68 valence electrons. The predicted molar refractivity (Wildman–Crippen MR) is 47.6 cm³/mol. The summed E-state index contributed by atoms with van der Waals surface area (Å²) in [6, 6.07) is 0. The fraction of sp³-hybridized carbons (Fsp3) is 0.667. The highest BCUT2D eigenvalue weighted by atomic mass is 16.3. The molecule has 1 aromatic rings. The third kappa shape index (κ3) is 2.34. The molecule has 0 spiro atoms. The summed E-state index contributed by atoms with van der Waals surface area (Å²) in [7, 11) is 0. The molecule has 3 nitrogen and oxygen atoms in total. The highest BCUT2D eigenvalue weighted by molar-refractivity contribution is 4.91. The van der Waals surface area contributed by atoms with Crippen molar-refractivity contribution in [1.82, 2.24) is 9.97 Å². The Bertz CT molecular complexity index is 208. The molecule has 0 aromatic carbocycles. The molecule has 1 heterocycles. The van der Waals surface area contributed by atoms with Gasteiger partial charge < -0.3 is 10.1 Å². The van der Waals surface area contributed by atoms with Crippen LogP contribution in [0, 0.1) is 5.92 Å². The van der Waals surface area contributed by atoms with Crippen LogP contribution >= 0.6 is 0 Å². The van der Waals surface area contributed by atoms with E-state index in [1.807, 2.05) is 0 Å². The van der Waals surface area contributed by atoms with Gasteiger partial charge in [0.2, 0.25) is 0 Å². The van der Waals surface area contributed by atoms with Gasteiger partial charge >= 0.3 is 0 Å². The molecule has 12 heavy (non-hydrogen) atoms. The van der Waals surface area contributed by atoms with E-state index in [1.165, 1.54) is 0 Å². The number of rotatable bonds is 4. The molecular weight excluding hydrogens is 152 g/mol. The minimum Gasteiger partial charge on any atom is -0.385 e. The van der Waals surface area contributed by atoms with Gasteiger partial charge in [0.25, 0.3) is 0 Å². The first-order chi connectivity index (χ1) is 5.74. The molecule has 1 aromatic heterocycles. The smallest absolute Gasteiger partial charge is 0.135 e. The predicted octanol–water partition coefficient (Wildman–Crippen LogP) is 1.88. The molecule has 2 N–H and O–H groups in total. The van der Waals surface area contributed by atoms with Crippen LogP contribution in [-0.2, 0) is 0 Å². The SMILES string of the molecule is CCC(C)CC(O)c1ncc[nH]1. The zero-order valence-electron chi connectivity index (χ0n) is 7.62. The van der Waals surface area contributed by atoms with Gasteiger partial charge in [-0.2, -0.15) is 0 Å². The Morgan fingerprint density at radius 1 is 1.67 bits per heavy atom. The topological polar surface area (TPSA) is 48.9 Å². The third-order valence-corrected chi connectivity index (χ3v) is 2.16. The summed E-state index contributed by atoms with van der Waals surface area (Å²) >= 11 is 0. The number of aliphatic hydroxyl groups is 1. The van der Waals surface area contributed by atoms with Crippen molar-refractivity contribution in [3.63, 3.8) is 0 Å². The van der Waals surface area contributed by atoms with Crippen molar-refractivity contribution in [2.45, 2.75) is 32.8 Å². The van der Waals surface area contributed by atoms with Crippen molar-refractivity contribution >= 4 is 0 Å². The zero-order valence-corrected chi connectivity index (χ0v) is 7.62. The van der Waals surface area contributed by atoms with E-state index in [-0.39, 0.29) is 0 Å². The Hall–Kier alpha value is -0.830.